The molecule has 0 fully saturated rings. The molecule has 4 nitrogen and oxygen atoms in total. The fourth-order valence-corrected chi connectivity index (χ4v) is 3.17. The van der Waals surface area contributed by atoms with Gasteiger partial charge in [0, 0.05) is 19.3 Å². The van der Waals surface area contributed by atoms with Crippen LogP contribution in [-0.2, 0) is 16.6 Å². The Hall–Kier alpha value is -1.84. The van der Waals surface area contributed by atoms with Crippen molar-refractivity contribution >= 4 is 11.5 Å². The number of aryl methyl sites for hydroxylation is 1. The minimum Gasteiger partial charge on any atom is -0.466 e. The molecule has 2 atom stereocenters. The van der Waals surface area contributed by atoms with Gasteiger partial charge in [0.1, 0.15) is 0 Å². The predicted molar refractivity (Wildman–Crippen MR) is 87.4 cm³/mol. The number of hydrogen-bond donors (Lipinski definition) is 0. The van der Waals surface area contributed by atoms with E-state index >= 15 is 0 Å². The second-order valence-corrected chi connectivity index (χ2v) is 5.90. The summed E-state index contributed by atoms with van der Waals surface area (Å²) in [6.45, 7) is 4.33. The van der Waals surface area contributed by atoms with Crippen molar-refractivity contribution in [3.05, 3.63) is 40.3 Å². The third-order valence-electron chi connectivity index (χ3n) is 4.52. The van der Waals surface area contributed by atoms with Crippen LogP contribution in [0.5, 0.6) is 0 Å². The van der Waals surface area contributed by atoms with Gasteiger partial charge in [0.05, 0.1) is 12.5 Å². The Labute approximate surface area is 131 Å². The van der Waals surface area contributed by atoms with E-state index in [0.29, 0.717) is 12.5 Å². The lowest BCUT2D eigenvalue weighted by atomic mass is 9.78. The lowest BCUT2D eigenvalue weighted by molar-refractivity contribution is -0.150. The smallest absolute Gasteiger partial charge is 0.309 e. The summed E-state index contributed by atoms with van der Waals surface area (Å²) in [5, 5.41) is 0. The van der Waals surface area contributed by atoms with Gasteiger partial charge in [0.2, 0.25) is 0 Å². The van der Waals surface area contributed by atoms with Crippen LogP contribution in [0.4, 0.5) is 0 Å². The van der Waals surface area contributed by atoms with Crippen molar-refractivity contribution in [1.29, 1.82) is 0 Å². The minimum absolute atomic E-state index is 0.0125. The summed E-state index contributed by atoms with van der Waals surface area (Å²) in [6.07, 6.45) is 7.56. The number of carbonyl (C=O) groups excluding carboxylic acids is 1. The second kappa shape index (κ2) is 7.43. The molecular weight excluding hydrogens is 278 g/mol. The number of aromatic nitrogens is 1. The average Bonchev–Trinajstić information content (AvgIpc) is 2.52. The molecule has 1 heterocycles. The van der Waals surface area contributed by atoms with E-state index in [1.54, 1.807) is 23.9 Å². The lowest BCUT2D eigenvalue weighted by Crippen LogP contribution is -2.26. The van der Waals surface area contributed by atoms with Crippen LogP contribution in [-0.4, -0.2) is 17.1 Å². The molecule has 0 saturated heterocycles. The molecule has 1 aliphatic carbocycles. The number of rotatable bonds is 5. The highest BCUT2D eigenvalue weighted by atomic mass is 16.5. The molecule has 1 aromatic heterocycles. The van der Waals surface area contributed by atoms with Crippen LogP contribution in [0.3, 0.4) is 0 Å². The molecule has 1 aliphatic rings. The molecule has 0 aromatic carbocycles. The Morgan fingerprint density at radius 2 is 2.23 bits per heavy atom. The molecule has 0 spiro atoms. The number of ether oxygens (including phenoxy) is 1. The van der Waals surface area contributed by atoms with Crippen molar-refractivity contribution in [3.8, 4) is 0 Å². The van der Waals surface area contributed by atoms with Crippen LogP contribution in [0.2, 0.25) is 0 Å². The first-order chi connectivity index (χ1) is 10.6. The van der Waals surface area contributed by atoms with E-state index in [4.69, 9.17) is 4.74 Å². The largest absolute Gasteiger partial charge is 0.466 e. The first-order valence-electron chi connectivity index (χ1n) is 8.09. The van der Waals surface area contributed by atoms with E-state index in [1.165, 1.54) is 5.57 Å². The first kappa shape index (κ1) is 16.5. The van der Waals surface area contributed by atoms with Gasteiger partial charge in [-0.05, 0) is 55.7 Å². The van der Waals surface area contributed by atoms with Crippen LogP contribution in [0.25, 0.3) is 5.57 Å². The highest BCUT2D eigenvalue weighted by Gasteiger charge is 2.29. The minimum atomic E-state index is -0.0690. The number of esters is 1. The molecular formula is C18H25NO3. The molecule has 0 amide bonds. The van der Waals surface area contributed by atoms with Crippen molar-refractivity contribution in [2.75, 3.05) is 6.61 Å². The number of carbonyl (C=O) groups is 1. The molecule has 1 aromatic rings. The highest BCUT2D eigenvalue weighted by Crippen LogP contribution is 2.35. The molecule has 4 heteroatoms. The van der Waals surface area contributed by atoms with Crippen molar-refractivity contribution in [3.63, 3.8) is 0 Å². The normalized spacial score (nSPS) is 19.4. The fraction of sp³-hybridized carbons (Fsp3) is 0.556. The Balaban J connectivity index is 2.09. The van der Waals surface area contributed by atoms with Gasteiger partial charge in [0.25, 0.3) is 5.56 Å². The zero-order chi connectivity index (χ0) is 16.1. The SMILES string of the molecule is CCOC(=O)C(CC)C1CC=C(c2ccn(C)c(=O)c2)CC1. The summed E-state index contributed by atoms with van der Waals surface area (Å²) in [4.78, 5) is 23.8. The fourth-order valence-electron chi connectivity index (χ4n) is 3.17. The Morgan fingerprint density at radius 3 is 2.77 bits per heavy atom. The molecule has 0 bridgehead atoms. The maximum Gasteiger partial charge on any atom is 0.309 e. The van der Waals surface area contributed by atoms with E-state index in [2.05, 4.69) is 6.08 Å². The summed E-state index contributed by atoms with van der Waals surface area (Å²) in [5.41, 5.74) is 2.23. The lowest BCUT2D eigenvalue weighted by Gasteiger charge is -2.27. The molecule has 0 N–H and O–H groups in total. The van der Waals surface area contributed by atoms with Crippen molar-refractivity contribution in [1.82, 2.24) is 4.57 Å². The highest BCUT2D eigenvalue weighted by molar-refractivity contribution is 5.73. The average molecular weight is 303 g/mol. The molecule has 22 heavy (non-hydrogen) atoms. The molecule has 2 unspecified atom stereocenters. The van der Waals surface area contributed by atoms with Crippen LogP contribution < -0.4 is 5.56 Å². The predicted octanol–water partition coefficient (Wildman–Crippen LogP) is 3.16. The third kappa shape index (κ3) is 3.67. The summed E-state index contributed by atoms with van der Waals surface area (Å²) in [6, 6.07) is 3.67. The van der Waals surface area contributed by atoms with Gasteiger partial charge in [-0.25, -0.2) is 0 Å². The van der Waals surface area contributed by atoms with Crippen molar-refractivity contribution in [2.45, 2.75) is 39.5 Å². The van der Waals surface area contributed by atoms with E-state index in [1.807, 2.05) is 19.9 Å². The second-order valence-electron chi connectivity index (χ2n) is 5.90. The molecule has 0 saturated carbocycles. The van der Waals surface area contributed by atoms with Crippen molar-refractivity contribution in [2.24, 2.45) is 18.9 Å². The van der Waals surface area contributed by atoms with Gasteiger partial charge >= 0.3 is 5.97 Å². The summed E-state index contributed by atoms with van der Waals surface area (Å²) < 4.78 is 6.76. The zero-order valence-corrected chi connectivity index (χ0v) is 13.7. The molecule has 2 rings (SSSR count). The number of hydrogen-bond acceptors (Lipinski definition) is 3. The number of allylic oxidation sites excluding steroid dienone is 2. The van der Waals surface area contributed by atoms with E-state index in [0.717, 1.165) is 31.2 Å². The number of pyridine rings is 1. The van der Waals surface area contributed by atoms with Gasteiger partial charge in [-0.2, -0.15) is 0 Å². The summed E-state index contributed by atoms with van der Waals surface area (Å²) >= 11 is 0. The van der Waals surface area contributed by atoms with Gasteiger partial charge in [-0.15, -0.1) is 0 Å². The van der Waals surface area contributed by atoms with E-state index < -0.39 is 0 Å². The van der Waals surface area contributed by atoms with Crippen molar-refractivity contribution < 1.29 is 9.53 Å². The Kier molecular flexibility index (Phi) is 5.58. The van der Waals surface area contributed by atoms with Crippen LogP contribution in [0.1, 0.15) is 45.1 Å². The monoisotopic (exact) mass is 303 g/mol. The van der Waals surface area contributed by atoms with Gasteiger partial charge in [-0.1, -0.05) is 13.0 Å². The molecule has 0 radical (unpaired) electrons. The Bertz CT molecular complexity index is 615. The standard InChI is InChI=1S/C18H25NO3/c1-4-16(18(21)22-5-2)14-8-6-13(7-9-14)15-10-11-19(3)17(20)12-15/h6,10-12,14,16H,4-5,7-9H2,1-3H3. The first-order valence-corrected chi connectivity index (χ1v) is 8.09. The summed E-state index contributed by atoms with van der Waals surface area (Å²) in [7, 11) is 1.75. The van der Waals surface area contributed by atoms with Crippen LogP contribution >= 0.6 is 0 Å². The maximum atomic E-state index is 12.0. The van der Waals surface area contributed by atoms with Crippen LogP contribution in [0, 0.1) is 11.8 Å². The topological polar surface area (TPSA) is 48.3 Å². The summed E-state index contributed by atoms with van der Waals surface area (Å²) in [5.74, 6) is 0.265. The van der Waals surface area contributed by atoms with Gasteiger partial charge < -0.3 is 9.30 Å². The maximum absolute atomic E-state index is 12.0. The van der Waals surface area contributed by atoms with E-state index in [-0.39, 0.29) is 17.4 Å². The Morgan fingerprint density at radius 1 is 1.45 bits per heavy atom. The third-order valence-corrected chi connectivity index (χ3v) is 4.52. The number of nitrogens with zero attached hydrogens (tertiary/aromatic N) is 1. The van der Waals surface area contributed by atoms with Gasteiger partial charge in [0.15, 0.2) is 0 Å². The quantitative estimate of drug-likeness (QED) is 0.785. The molecule has 0 aliphatic heterocycles. The molecule has 120 valence electrons. The van der Waals surface area contributed by atoms with Crippen LogP contribution in [0.15, 0.2) is 29.2 Å². The zero-order valence-electron chi connectivity index (χ0n) is 13.7. The van der Waals surface area contributed by atoms with Gasteiger partial charge in [-0.3, -0.25) is 9.59 Å². The van der Waals surface area contributed by atoms with E-state index in [9.17, 15) is 9.59 Å².